The van der Waals surface area contributed by atoms with Crippen molar-refractivity contribution in [2.45, 2.75) is 17.8 Å². The van der Waals surface area contributed by atoms with Gasteiger partial charge in [-0.15, -0.1) is 0 Å². The lowest BCUT2D eigenvalue weighted by molar-refractivity contribution is -0.137. The smallest absolute Gasteiger partial charge is 0.228 e. The average Bonchev–Trinajstić information content (AvgIpc) is 2.44. The maximum atomic E-state index is 12.5. The van der Waals surface area contributed by atoms with Crippen LogP contribution in [0.25, 0.3) is 0 Å². The summed E-state index contributed by atoms with van der Waals surface area (Å²) in [5, 5.41) is -0.773. The molecule has 0 saturated heterocycles. The minimum Gasteiger partial charge on any atom is -0.228 e. The Morgan fingerprint density at radius 2 is 1.50 bits per heavy atom. The SMILES string of the molecule is CS(=O)(=O)C(Cc1ccc(C(F)(F)F)cc1)c1ccccc1. The van der Waals surface area contributed by atoms with E-state index < -0.39 is 26.8 Å². The highest BCUT2D eigenvalue weighted by Gasteiger charge is 2.30. The summed E-state index contributed by atoms with van der Waals surface area (Å²) in [6.45, 7) is 0. The predicted molar refractivity (Wildman–Crippen MR) is 79.2 cm³/mol. The molecule has 0 N–H and O–H groups in total. The molecule has 0 aliphatic rings. The lowest BCUT2D eigenvalue weighted by Gasteiger charge is -2.16. The first kappa shape index (κ1) is 16.5. The Morgan fingerprint density at radius 3 is 1.95 bits per heavy atom. The van der Waals surface area contributed by atoms with Gasteiger partial charge in [-0.3, -0.25) is 0 Å². The van der Waals surface area contributed by atoms with Crippen LogP contribution >= 0.6 is 0 Å². The minimum absolute atomic E-state index is 0.140. The summed E-state index contributed by atoms with van der Waals surface area (Å²) in [5.41, 5.74) is 0.434. The van der Waals surface area contributed by atoms with Gasteiger partial charge in [-0.2, -0.15) is 13.2 Å². The Labute approximate surface area is 127 Å². The van der Waals surface area contributed by atoms with Gasteiger partial charge in [0.2, 0.25) is 0 Å². The third-order valence-electron chi connectivity index (χ3n) is 3.39. The molecular formula is C16H15F3O2S. The minimum atomic E-state index is -4.39. The molecule has 0 spiro atoms. The van der Waals surface area contributed by atoms with Crippen molar-refractivity contribution in [2.75, 3.05) is 6.26 Å². The molecule has 0 saturated carbocycles. The Balaban J connectivity index is 2.29. The van der Waals surface area contributed by atoms with Crippen LogP contribution in [0.1, 0.15) is 21.9 Å². The van der Waals surface area contributed by atoms with E-state index in [4.69, 9.17) is 0 Å². The summed E-state index contributed by atoms with van der Waals surface area (Å²) in [4.78, 5) is 0. The summed E-state index contributed by atoms with van der Waals surface area (Å²) < 4.78 is 61.6. The third-order valence-corrected chi connectivity index (χ3v) is 4.86. The second kappa shape index (κ2) is 6.12. The van der Waals surface area contributed by atoms with Crippen LogP contribution in [0.15, 0.2) is 54.6 Å². The summed E-state index contributed by atoms with van der Waals surface area (Å²) >= 11 is 0. The largest absolute Gasteiger partial charge is 0.416 e. The molecule has 0 radical (unpaired) electrons. The van der Waals surface area contributed by atoms with Gasteiger partial charge in [0.1, 0.15) is 0 Å². The third kappa shape index (κ3) is 4.10. The van der Waals surface area contributed by atoms with E-state index in [1.807, 2.05) is 0 Å². The van der Waals surface area contributed by atoms with Crippen LogP contribution in [-0.2, 0) is 22.4 Å². The molecule has 2 aromatic rings. The highest BCUT2D eigenvalue weighted by atomic mass is 32.2. The molecule has 0 amide bonds. The molecule has 0 aromatic heterocycles. The molecule has 2 aromatic carbocycles. The Hall–Kier alpha value is -1.82. The molecule has 22 heavy (non-hydrogen) atoms. The lowest BCUT2D eigenvalue weighted by atomic mass is 10.0. The maximum absolute atomic E-state index is 12.5. The average molecular weight is 328 g/mol. The number of benzene rings is 2. The summed E-state index contributed by atoms with van der Waals surface area (Å²) in [7, 11) is -3.38. The van der Waals surface area contributed by atoms with Crippen LogP contribution in [0.5, 0.6) is 0 Å². The van der Waals surface area contributed by atoms with Crippen LogP contribution in [0.2, 0.25) is 0 Å². The number of halogens is 3. The van der Waals surface area contributed by atoms with Gasteiger partial charge < -0.3 is 0 Å². The number of rotatable bonds is 4. The van der Waals surface area contributed by atoms with Gasteiger partial charge in [0.25, 0.3) is 0 Å². The fraction of sp³-hybridized carbons (Fsp3) is 0.250. The highest BCUT2D eigenvalue weighted by Crippen LogP contribution is 2.31. The van der Waals surface area contributed by atoms with E-state index in [1.54, 1.807) is 30.3 Å². The zero-order valence-electron chi connectivity index (χ0n) is 11.8. The first-order chi connectivity index (χ1) is 10.2. The van der Waals surface area contributed by atoms with Gasteiger partial charge in [-0.25, -0.2) is 8.42 Å². The summed E-state index contributed by atoms with van der Waals surface area (Å²) in [6, 6.07) is 13.3. The van der Waals surface area contributed by atoms with Gasteiger partial charge >= 0.3 is 6.18 Å². The Bertz CT molecular complexity index is 720. The van der Waals surface area contributed by atoms with Crippen LogP contribution < -0.4 is 0 Å². The molecule has 1 unspecified atom stereocenters. The normalized spacial score (nSPS) is 13.8. The second-order valence-corrected chi connectivity index (χ2v) is 7.36. The van der Waals surface area contributed by atoms with Gasteiger partial charge in [-0.1, -0.05) is 42.5 Å². The van der Waals surface area contributed by atoms with E-state index in [0.717, 1.165) is 18.4 Å². The van der Waals surface area contributed by atoms with Crippen molar-refractivity contribution in [3.8, 4) is 0 Å². The van der Waals surface area contributed by atoms with E-state index in [9.17, 15) is 21.6 Å². The molecule has 118 valence electrons. The van der Waals surface area contributed by atoms with Gasteiger partial charge in [0.05, 0.1) is 10.8 Å². The zero-order valence-corrected chi connectivity index (χ0v) is 12.7. The standard InChI is InChI=1S/C16H15F3O2S/c1-22(20,21)15(13-5-3-2-4-6-13)11-12-7-9-14(10-8-12)16(17,18)19/h2-10,15H,11H2,1H3. The maximum Gasteiger partial charge on any atom is 0.416 e. The number of alkyl halides is 3. The van der Waals surface area contributed by atoms with E-state index in [0.29, 0.717) is 11.1 Å². The van der Waals surface area contributed by atoms with Gasteiger partial charge in [0, 0.05) is 6.26 Å². The molecule has 2 nitrogen and oxygen atoms in total. The lowest BCUT2D eigenvalue weighted by Crippen LogP contribution is -2.14. The van der Waals surface area contributed by atoms with Crippen molar-refractivity contribution < 1.29 is 21.6 Å². The van der Waals surface area contributed by atoms with E-state index in [1.165, 1.54) is 12.1 Å². The zero-order chi connectivity index (χ0) is 16.4. The molecule has 1 atom stereocenters. The van der Waals surface area contributed by atoms with Crippen molar-refractivity contribution in [1.82, 2.24) is 0 Å². The van der Waals surface area contributed by atoms with Crippen LogP contribution in [0, 0.1) is 0 Å². The van der Waals surface area contributed by atoms with Crippen molar-refractivity contribution >= 4 is 9.84 Å². The first-order valence-electron chi connectivity index (χ1n) is 6.58. The monoisotopic (exact) mass is 328 g/mol. The van der Waals surface area contributed by atoms with Gasteiger partial charge in [-0.05, 0) is 29.7 Å². The van der Waals surface area contributed by atoms with Crippen molar-refractivity contribution in [3.05, 3.63) is 71.3 Å². The molecule has 0 bridgehead atoms. The number of hydrogen-bond acceptors (Lipinski definition) is 2. The molecule has 0 aliphatic heterocycles. The van der Waals surface area contributed by atoms with Gasteiger partial charge in [0.15, 0.2) is 9.84 Å². The van der Waals surface area contributed by atoms with E-state index in [2.05, 4.69) is 0 Å². The highest BCUT2D eigenvalue weighted by molar-refractivity contribution is 7.90. The fourth-order valence-corrected chi connectivity index (χ4v) is 3.37. The summed E-state index contributed by atoms with van der Waals surface area (Å²) in [5.74, 6) is 0. The second-order valence-electron chi connectivity index (χ2n) is 5.13. The summed E-state index contributed by atoms with van der Waals surface area (Å²) in [6.07, 6.45) is -3.12. The van der Waals surface area contributed by atoms with E-state index >= 15 is 0 Å². The number of sulfone groups is 1. The van der Waals surface area contributed by atoms with Crippen LogP contribution in [-0.4, -0.2) is 14.7 Å². The molecular weight excluding hydrogens is 313 g/mol. The van der Waals surface area contributed by atoms with Crippen molar-refractivity contribution in [3.63, 3.8) is 0 Å². The predicted octanol–water partition coefficient (Wildman–Crippen LogP) is 4.03. The number of hydrogen-bond donors (Lipinski definition) is 0. The van der Waals surface area contributed by atoms with Crippen molar-refractivity contribution in [2.24, 2.45) is 0 Å². The molecule has 0 heterocycles. The quantitative estimate of drug-likeness (QED) is 0.849. The Morgan fingerprint density at radius 1 is 0.955 bits per heavy atom. The van der Waals surface area contributed by atoms with Crippen LogP contribution in [0.3, 0.4) is 0 Å². The first-order valence-corrected chi connectivity index (χ1v) is 8.53. The molecule has 0 aliphatic carbocycles. The fourth-order valence-electron chi connectivity index (χ4n) is 2.23. The molecule has 2 rings (SSSR count). The molecule has 6 heteroatoms. The van der Waals surface area contributed by atoms with Crippen LogP contribution in [0.4, 0.5) is 13.2 Å². The molecule has 0 fully saturated rings. The Kier molecular flexibility index (Phi) is 4.60. The van der Waals surface area contributed by atoms with E-state index in [-0.39, 0.29) is 6.42 Å². The van der Waals surface area contributed by atoms with Crippen molar-refractivity contribution in [1.29, 1.82) is 0 Å². The topological polar surface area (TPSA) is 34.1 Å².